The van der Waals surface area contributed by atoms with Crippen molar-refractivity contribution in [3.05, 3.63) is 34.3 Å². The van der Waals surface area contributed by atoms with Crippen LogP contribution in [0.1, 0.15) is 18.9 Å². The molecule has 0 aliphatic heterocycles. The molecule has 0 saturated carbocycles. The van der Waals surface area contributed by atoms with E-state index in [9.17, 15) is 9.59 Å². The Hall–Kier alpha value is -1.36. The number of likely N-dealkylation sites (N-methyl/N-ethyl adjacent to an activating group) is 1. The summed E-state index contributed by atoms with van der Waals surface area (Å²) in [5, 5.41) is 8.69. The molecular formula is C13H16BrNO3. The van der Waals surface area contributed by atoms with Gasteiger partial charge in [0.15, 0.2) is 0 Å². The average Bonchev–Trinajstić information content (AvgIpc) is 2.33. The van der Waals surface area contributed by atoms with Gasteiger partial charge in [0, 0.05) is 17.4 Å². The predicted octanol–water partition coefficient (Wildman–Crippen LogP) is 2.31. The summed E-state index contributed by atoms with van der Waals surface area (Å²) in [6.07, 6.45) is 0.950. The highest BCUT2D eigenvalue weighted by atomic mass is 79.9. The number of nitrogens with zero attached hydrogens (tertiary/aromatic N) is 1. The molecule has 0 heterocycles. The van der Waals surface area contributed by atoms with Crippen LogP contribution >= 0.6 is 15.9 Å². The molecule has 0 radical (unpaired) electrons. The van der Waals surface area contributed by atoms with Crippen molar-refractivity contribution in [2.45, 2.75) is 19.8 Å². The Morgan fingerprint density at radius 1 is 1.39 bits per heavy atom. The van der Waals surface area contributed by atoms with Crippen LogP contribution in [0, 0.1) is 0 Å². The van der Waals surface area contributed by atoms with Crippen LogP contribution in [0.2, 0.25) is 0 Å². The number of amides is 1. The maximum atomic E-state index is 11.8. The van der Waals surface area contributed by atoms with E-state index in [1.807, 2.05) is 24.3 Å². The number of carbonyl (C=O) groups excluding carboxylic acids is 1. The molecule has 1 amide bonds. The minimum atomic E-state index is -0.979. The molecule has 4 nitrogen and oxygen atoms in total. The second kappa shape index (κ2) is 7.16. The number of aryl methyl sites for hydroxylation is 1. The fraction of sp³-hybridized carbons (Fsp3) is 0.385. The lowest BCUT2D eigenvalue weighted by molar-refractivity contribution is -0.144. The van der Waals surface area contributed by atoms with Crippen molar-refractivity contribution >= 4 is 27.8 Å². The molecule has 0 saturated heterocycles. The first kappa shape index (κ1) is 14.7. The summed E-state index contributed by atoms with van der Waals surface area (Å²) in [5.41, 5.74) is 1.06. The second-order valence-electron chi connectivity index (χ2n) is 3.93. The molecule has 18 heavy (non-hydrogen) atoms. The summed E-state index contributed by atoms with van der Waals surface area (Å²) in [6, 6.07) is 7.75. The third-order valence-corrected chi connectivity index (χ3v) is 3.07. The van der Waals surface area contributed by atoms with Gasteiger partial charge >= 0.3 is 5.97 Å². The first-order valence-electron chi connectivity index (χ1n) is 5.77. The van der Waals surface area contributed by atoms with Crippen LogP contribution in [-0.4, -0.2) is 35.0 Å². The van der Waals surface area contributed by atoms with Crippen LogP contribution in [-0.2, 0) is 16.0 Å². The molecule has 0 spiro atoms. The highest BCUT2D eigenvalue weighted by Crippen LogP contribution is 2.13. The molecule has 0 aliphatic carbocycles. The van der Waals surface area contributed by atoms with Gasteiger partial charge in [0.2, 0.25) is 5.91 Å². The van der Waals surface area contributed by atoms with Crippen molar-refractivity contribution in [3.8, 4) is 0 Å². The molecule has 5 heteroatoms. The zero-order chi connectivity index (χ0) is 13.5. The van der Waals surface area contributed by atoms with Crippen molar-refractivity contribution in [2.24, 2.45) is 0 Å². The molecule has 0 fully saturated rings. The Bertz CT molecular complexity index is 434. The average molecular weight is 314 g/mol. The summed E-state index contributed by atoms with van der Waals surface area (Å²) in [6.45, 7) is 1.97. The summed E-state index contributed by atoms with van der Waals surface area (Å²) < 4.78 is 0.977. The molecule has 0 aliphatic rings. The van der Waals surface area contributed by atoms with E-state index in [0.29, 0.717) is 19.4 Å². The highest BCUT2D eigenvalue weighted by Gasteiger charge is 2.14. The van der Waals surface area contributed by atoms with Crippen LogP contribution in [0.5, 0.6) is 0 Å². The topological polar surface area (TPSA) is 57.6 Å². The van der Waals surface area contributed by atoms with E-state index in [4.69, 9.17) is 5.11 Å². The Labute approximate surface area is 115 Å². The molecule has 0 aromatic heterocycles. The first-order valence-corrected chi connectivity index (χ1v) is 6.56. The van der Waals surface area contributed by atoms with Gasteiger partial charge in [-0.25, -0.2) is 0 Å². The Kier molecular flexibility index (Phi) is 5.85. The summed E-state index contributed by atoms with van der Waals surface area (Å²) >= 11 is 3.37. The van der Waals surface area contributed by atoms with Crippen LogP contribution in [0.4, 0.5) is 0 Å². The zero-order valence-electron chi connectivity index (χ0n) is 10.2. The van der Waals surface area contributed by atoms with Crippen LogP contribution in [0.15, 0.2) is 28.7 Å². The lowest BCUT2D eigenvalue weighted by atomic mass is 10.1. The van der Waals surface area contributed by atoms with E-state index >= 15 is 0 Å². The van der Waals surface area contributed by atoms with Gasteiger partial charge in [0.1, 0.15) is 6.54 Å². The minimum absolute atomic E-state index is 0.125. The van der Waals surface area contributed by atoms with Crippen LogP contribution in [0.3, 0.4) is 0 Å². The Morgan fingerprint density at radius 2 is 2.11 bits per heavy atom. The number of hydrogen-bond donors (Lipinski definition) is 1. The normalized spacial score (nSPS) is 10.1. The van der Waals surface area contributed by atoms with Gasteiger partial charge in [-0.15, -0.1) is 0 Å². The molecule has 1 N–H and O–H groups in total. The van der Waals surface area contributed by atoms with Gasteiger partial charge in [-0.1, -0.05) is 28.1 Å². The van der Waals surface area contributed by atoms with Gasteiger partial charge in [0.05, 0.1) is 0 Å². The van der Waals surface area contributed by atoms with Gasteiger partial charge in [-0.05, 0) is 31.0 Å². The largest absolute Gasteiger partial charge is 0.480 e. The van der Waals surface area contributed by atoms with Crippen LogP contribution < -0.4 is 0 Å². The predicted molar refractivity (Wildman–Crippen MR) is 72.4 cm³/mol. The van der Waals surface area contributed by atoms with Crippen molar-refractivity contribution in [3.63, 3.8) is 0 Å². The number of carbonyl (C=O) groups is 2. The van der Waals surface area contributed by atoms with Gasteiger partial charge in [0.25, 0.3) is 0 Å². The van der Waals surface area contributed by atoms with E-state index in [-0.39, 0.29) is 12.5 Å². The molecule has 1 rings (SSSR count). The van der Waals surface area contributed by atoms with Crippen molar-refractivity contribution < 1.29 is 14.7 Å². The highest BCUT2D eigenvalue weighted by molar-refractivity contribution is 9.10. The molecule has 0 bridgehead atoms. The van der Waals surface area contributed by atoms with Gasteiger partial charge in [-0.2, -0.15) is 0 Å². The molecular weight excluding hydrogens is 298 g/mol. The number of benzene rings is 1. The van der Waals surface area contributed by atoms with Crippen molar-refractivity contribution in [2.75, 3.05) is 13.1 Å². The van der Waals surface area contributed by atoms with E-state index in [1.54, 1.807) is 6.92 Å². The number of carboxylic acids is 1. The molecule has 1 aromatic rings. The fourth-order valence-electron chi connectivity index (χ4n) is 1.64. The first-order chi connectivity index (χ1) is 8.52. The molecule has 98 valence electrons. The minimum Gasteiger partial charge on any atom is -0.480 e. The summed E-state index contributed by atoms with van der Waals surface area (Å²) in [5.74, 6) is -1.10. The van der Waals surface area contributed by atoms with E-state index in [2.05, 4.69) is 15.9 Å². The fourth-order valence-corrected chi connectivity index (χ4v) is 2.09. The smallest absolute Gasteiger partial charge is 0.323 e. The van der Waals surface area contributed by atoms with Gasteiger partial charge in [-0.3, -0.25) is 9.59 Å². The Morgan fingerprint density at radius 3 is 2.67 bits per heavy atom. The number of halogens is 1. The zero-order valence-corrected chi connectivity index (χ0v) is 11.8. The van der Waals surface area contributed by atoms with Crippen molar-refractivity contribution in [1.29, 1.82) is 0 Å². The molecule has 0 unspecified atom stereocenters. The maximum absolute atomic E-state index is 11.8. The number of carboxylic acid groups (broad SMARTS) is 1. The Balaban J connectivity index is 2.51. The van der Waals surface area contributed by atoms with Crippen LogP contribution in [0.25, 0.3) is 0 Å². The standard InChI is InChI=1S/C13H16BrNO3/c1-2-15(9-13(17)18)12(16)7-6-10-4-3-5-11(14)8-10/h3-5,8H,2,6-7,9H2,1H3,(H,17,18). The third-order valence-electron chi connectivity index (χ3n) is 2.58. The second-order valence-corrected chi connectivity index (χ2v) is 4.85. The quantitative estimate of drug-likeness (QED) is 0.876. The maximum Gasteiger partial charge on any atom is 0.323 e. The summed E-state index contributed by atoms with van der Waals surface area (Å²) in [7, 11) is 0. The lowest BCUT2D eigenvalue weighted by Crippen LogP contribution is -2.35. The monoisotopic (exact) mass is 313 g/mol. The lowest BCUT2D eigenvalue weighted by Gasteiger charge is -2.18. The van der Waals surface area contributed by atoms with Crippen molar-refractivity contribution in [1.82, 2.24) is 4.90 Å². The van der Waals surface area contributed by atoms with E-state index in [0.717, 1.165) is 10.0 Å². The molecule has 0 atom stereocenters. The molecule has 1 aromatic carbocycles. The summed E-state index contributed by atoms with van der Waals surface area (Å²) in [4.78, 5) is 23.8. The number of aliphatic carboxylic acids is 1. The number of hydrogen-bond acceptors (Lipinski definition) is 2. The third kappa shape index (κ3) is 4.87. The SMILES string of the molecule is CCN(CC(=O)O)C(=O)CCc1cccc(Br)c1. The van der Waals surface area contributed by atoms with E-state index < -0.39 is 5.97 Å². The van der Waals surface area contributed by atoms with E-state index in [1.165, 1.54) is 4.90 Å². The van der Waals surface area contributed by atoms with Gasteiger partial charge < -0.3 is 10.0 Å². The number of rotatable bonds is 6.